The monoisotopic (exact) mass is 301 g/mol. The van der Waals surface area contributed by atoms with Crippen molar-refractivity contribution in [2.45, 2.75) is 33.7 Å². The molecule has 0 bridgehead atoms. The second-order valence-corrected chi connectivity index (χ2v) is 6.46. The van der Waals surface area contributed by atoms with Gasteiger partial charge in [0.25, 0.3) is 0 Å². The highest BCUT2D eigenvalue weighted by Crippen LogP contribution is 2.27. The number of hydrogen-bond acceptors (Lipinski definition) is 5. The quantitative estimate of drug-likeness (QED) is 0.735. The third-order valence-electron chi connectivity index (χ3n) is 3.40. The van der Waals surface area contributed by atoms with E-state index in [9.17, 15) is 0 Å². The van der Waals surface area contributed by atoms with E-state index in [1.807, 2.05) is 6.92 Å². The van der Waals surface area contributed by atoms with Crippen molar-refractivity contribution >= 4 is 27.4 Å². The van der Waals surface area contributed by atoms with Crippen molar-refractivity contribution in [3.8, 4) is 0 Å². The van der Waals surface area contributed by atoms with E-state index >= 15 is 0 Å². The van der Waals surface area contributed by atoms with Crippen LogP contribution in [0.1, 0.15) is 22.7 Å². The van der Waals surface area contributed by atoms with Crippen LogP contribution in [-0.4, -0.2) is 26.3 Å². The Labute approximate surface area is 128 Å². The first-order valence-corrected chi connectivity index (χ1v) is 7.91. The Hall–Kier alpha value is -1.95. The van der Waals surface area contributed by atoms with Gasteiger partial charge < -0.3 is 5.32 Å². The molecule has 3 rings (SSSR count). The third kappa shape index (κ3) is 3.05. The summed E-state index contributed by atoms with van der Waals surface area (Å²) >= 11 is 1.70. The Morgan fingerprint density at radius 2 is 2.05 bits per heavy atom. The first kappa shape index (κ1) is 14.0. The van der Waals surface area contributed by atoms with Crippen molar-refractivity contribution in [2.75, 3.05) is 11.9 Å². The van der Waals surface area contributed by atoms with E-state index in [4.69, 9.17) is 0 Å². The molecule has 0 saturated carbocycles. The number of anilines is 1. The Morgan fingerprint density at radius 1 is 1.19 bits per heavy atom. The standard InChI is InChI=1S/C15H19N5S/c1-10-7-11(2)20(19-10)6-4-5-16-14-13-8-12(3)21-15(13)18-9-17-14/h7-9H,4-6H2,1-3H3,(H,16,17,18). The molecule has 3 aromatic heterocycles. The second-order valence-electron chi connectivity index (χ2n) is 5.23. The zero-order chi connectivity index (χ0) is 14.8. The average Bonchev–Trinajstić information content (AvgIpc) is 2.96. The number of rotatable bonds is 5. The van der Waals surface area contributed by atoms with Crippen LogP contribution in [0.25, 0.3) is 10.2 Å². The van der Waals surface area contributed by atoms with Gasteiger partial charge in [-0.25, -0.2) is 9.97 Å². The molecule has 0 aliphatic rings. The number of aryl methyl sites for hydroxylation is 4. The number of hydrogen-bond donors (Lipinski definition) is 1. The van der Waals surface area contributed by atoms with Gasteiger partial charge in [-0.1, -0.05) is 0 Å². The van der Waals surface area contributed by atoms with Gasteiger partial charge in [-0.2, -0.15) is 5.10 Å². The fraction of sp³-hybridized carbons (Fsp3) is 0.400. The average molecular weight is 301 g/mol. The van der Waals surface area contributed by atoms with E-state index < -0.39 is 0 Å². The molecule has 21 heavy (non-hydrogen) atoms. The normalized spacial score (nSPS) is 11.2. The lowest BCUT2D eigenvalue weighted by molar-refractivity contribution is 0.573. The van der Waals surface area contributed by atoms with Crippen LogP contribution in [0.4, 0.5) is 5.82 Å². The van der Waals surface area contributed by atoms with E-state index in [2.05, 4.69) is 51.0 Å². The molecule has 5 nitrogen and oxygen atoms in total. The van der Waals surface area contributed by atoms with Gasteiger partial charge in [-0.3, -0.25) is 4.68 Å². The van der Waals surface area contributed by atoms with Crippen LogP contribution < -0.4 is 5.32 Å². The van der Waals surface area contributed by atoms with Crippen molar-refractivity contribution in [2.24, 2.45) is 0 Å². The lowest BCUT2D eigenvalue weighted by Gasteiger charge is -2.07. The summed E-state index contributed by atoms with van der Waals surface area (Å²) in [4.78, 5) is 11.0. The largest absolute Gasteiger partial charge is 0.369 e. The third-order valence-corrected chi connectivity index (χ3v) is 4.35. The minimum atomic E-state index is 0.874. The molecular weight excluding hydrogens is 282 g/mol. The van der Waals surface area contributed by atoms with Crippen LogP contribution >= 0.6 is 11.3 Å². The first-order valence-electron chi connectivity index (χ1n) is 7.09. The predicted octanol–water partition coefficient (Wildman–Crippen LogP) is 3.32. The zero-order valence-corrected chi connectivity index (χ0v) is 13.4. The summed E-state index contributed by atoms with van der Waals surface area (Å²) in [6, 6.07) is 4.25. The zero-order valence-electron chi connectivity index (χ0n) is 12.6. The second kappa shape index (κ2) is 5.81. The van der Waals surface area contributed by atoms with E-state index in [0.717, 1.165) is 41.2 Å². The molecule has 0 fully saturated rings. The molecule has 0 spiro atoms. The summed E-state index contributed by atoms with van der Waals surface area (Å²) in [5.74, 6) is 0.928. The molecule has 0 aromatic carbocycles. The highest BCUT2D eigenvalue weighted by atomic mass is 32.1. The van der Waals surface area contributed by atoms with Crippen molar-refractivity contribution in [3.05, 3.63) is 34.7 Å². The summed E-state index contributed by atoms with van der Waals surface area (Å²) < 4.78 is 2.06. The summed E-state index contributed by atoms with van der Waals surface area (Å²) in [5, 5.41) is 9.00. The van der Waals surface area contributed by atoms with Gasteiger partial charge in [0.2, 0.25) is 0 Å². The fourth-order valence-corrected chi connectivity index (χ4v) is 3.30. The molecule has 0 aliphatic carbocycles. The van der Waals surface area contributed by atoms with E-state index in [1.165, 1.54) is 10.6 Å². The van der Waals surface area contributed by atoms with Gasteiger partial charge in [-0.15, -0.1) is 11.3 Å². The maximum atomic E-state index is 4.47. The topological polar surface area (TPSA) is 55.6 Å². The van der Waals surface area contributed by atoms with Crippen LogP contribution in [0, 0.1) is 20.8 Å². The number of fused-ring (bicyclic) bond motifs is 1. The molecule has 0 aliphatic heterocycles. The first-order chi connectivity index (χ1) is 10.1. The molecule has 1 N–H and O–H groups in total. The molecule has 3 heterocycles. The minimum absolute atomic E-state index is 0.874. The SMILES string of the molecule is Cc1cc(C)n(CCCNc2ncnc3sc(C)cc23)n1. The van der Waals surface area contributed by atoms with E-state index in [-0.39, 0.29) is 0 Å². The van der Waals surface area contributed by atoms with Crippen molar-refractivity contribution in [3.63, 3.8) is 0 Å². The van der Waals surface area contributed by atoms with Crippen LogP contribution in [0.15, 0.2) is 18.5 Å². The predicted molar refractivity (Wildman–Crippen MR) is 87.0 cm³/mol. The lowest BCUT2D eigenvalue weighted by atomic mass is 10.3. The molecule has 0 unspecified atom stereocenters. The van der Waals surface area contributed by atoms with Gasteiger partial charge in [0.15, 0.2) is 0 Å². The van der Waals surface area contributed by atoms with Gasteiger partial charge in [0.05, 0.1) is 11.1 Å². The number of thiophene rings is 1. The van der Waals surface area contributed by atoms with Crippen molar-refractivity contribution < 1.29 is 0 Å². The van der Waals surface area contributed by atoms with Crippen molar-refractivity contribution in [1.82, 2.24) is 19.7 Å². The summed E-state index contributed by atoms with van der Waals surface area (Å²) in [6.07, 6.45) is 2.64. The molecular formula is C15H19N5S. The van der Waals surface area contributed by atoms with E-state index in [0.29, 0.717) is 0 Å². The number of nitrogens with one attached hydrogen (secondary N) is 1. The van der Waals surface area contributed by atoms with Crippen molar-refractivity contribution in [1.29, 1.82) is 0 Å². The van der Waals surface area contributed by atoms with Gasteiger partial charge >= 0.3 is 0 Å². The minimum Gasteiger partial charge on any atom is -0.369 e. The van der Waals surface area contributed by atoms with Gasteiger partial charge in [-0.05, 0) is 39.3 Å². The highest BCUT2D eigenvalue weighted by molar-refractivity contribution is 7.18. The smallest absolute Gasteiger partial charge is 0.138 e. The number of aromatic nitrogens is 4. The maximum Gasteiger partial charge on any atom is 0.138 e. The fourth-order valence-electron chi connectivity index (χ4n) is 2.45. The molecule has 110 valence electrons. The molecule has 0 atom stereocenters. The Balaban J connectivity index is 1.61. The Bertz CT molecular complexity index is 759. The molecule has 3 aromatic rings. The highest BCUT2D eigenvalue weighted by Gasteiger charge is 2.06. The Morgan fingerprint density at radius 3 is 2.81 bits per heavy atom. The van der Waals surface area contributed by atoms with Crippen LogP contribution in [-0.2, 0) is 6.54 Å². The van der Waals surface area contributed by atoms with Gasteiger partial charge in [0, 0.05) is 23.7 Å². The van der Waals surface area contributed by atoms with Crippen LogP contribution in [0.3, 0.4) is 0 Å². The lowest BCUT2D eigenvalue weighted by Crippen LogP contribution is -2.09. The summed E-state index contributed by atoms with van der Waals surface area (Å²) in [6.45, 7) is 8.01. The Kier molecular flexibility index (Phi) is 3.88. The molecule has 0 amide bonds. The summed E-state index contributed by atoms with van der Waals surface area (Å²) in [7, 11) is 0. The molecule has 0 saturated heterocycles. The summed E-state index contributed by atoms with van der Waals surface area (Å²) in [5.41, 5.74) is 2.29. The molecule has 0 radical (unpaired) electrons. The number of nitrogens with zero attached hydrogens (tertiary/aromatic N) is 4. The van der Waals surface area contributed by atoms with E-state index in [1.54, 1.807) is 17.7 Å². The molecule has 6 heteroatoms. The van der Waals surface area contributed by atoms with Crippen LogP contribution in [0.2, 0.25) is 0 Å². The van der Waals surface area contributed by atoms with Gasteiger partial charge in [0.1, 0.15) is 17.0 Å². The maximum absolute atomic E-state index is 4.47. The van der Waals surface area contributed by atoms with Crippen LogP contribution in [0.5, 0.6) is 0 Å².